The summed E-state index contributed by atoms with van der Waals surface area (Å²) in [6, 6.07) is 11.9. The maximum absolute atomic E-state index is 13.3. The Morgan fingerprint density at radius 1 is 1.03 bits per heavy atom. The lowest BCUT2D eigenvalue weighted by Gasteiger charge is -2.41. The van der Waals surface area contributed by atoms with E-state index in [9.17, 15) is 27.6 Å². The summed E-state index contributed by atoms with van der Waals surface area (Å²) in [5.41, 5.74) is -1.11. The van der Waals surface area contributed by atoms with E-state index >= 15 is 0 Å². The number of likely N-dealkylation sites (tertiary alicyclic amines) is 1. The summed E-state index contributed by atoms with van der Waals surface area (Å²) in [6.07, 6.45) is 1.46. The molecule has 1 unspecified atom stereocenters. The molecule has 2 aromatic rings. The minimum absolute atomic E-state index is 0.0472. The number of hydrogen-bond acceptors (Lipinski definition) is 4. The molecule has 2 fully saturated rings. The number of nitrogens with zero attached hydrogens (tertiary/aromatic N) is 1. The zero-order valence-corrected chi connectivity index (χ0v) is 22.9. The first kappa shape index (κ1) is 31.8. The van der Waals surface area contributed by atoms with Gasteiger partial charge in [0.25, 0.3) is 5.91 Å². The van der Waals surface area contributed by atoms with E-state index in [4.69, 9.17) is 5.11 Å². The molecule has 0 saturated carbocycles. The fourth-order valence-electron chi connectivity index (χ4n) is 4.64. The van der Waals surface area contributed by atoms with Crippen LogP contribution in [-0.4, -0.2) is 66.2 Å². The quantitative estimate of drug-likeness (QED) is 0.492. The van der Waals surface area contributed by atoms with E-state index in [1.54, 1.807) is 12.1 Å². The first-order valence-corrected chi connectivity index (χ1v) is 13.1. The van der Waals surface area contributed by atoms with Gasteiger partial charge in [0.1, 0.15) is 11.6 Å². The highest BCUT2D eigenvalue weighted by atomic mass is 19.1. The van der Waals surface area contributed by atoms with Gasteiger partial charge in [0.2, 0.25) is 11.6 Å². The van der Waals surface area contributed by atoms with Crippen molar-refractivity contribution in [2.24, 2.45) is 5.41 Å². The Kier molecular flexibility index (Phi) is 11.5. The number of alkyl halides is 1. The second-order valence-electron chi connectivity index (χ2n) is 9.85. The number of carbonyl (C=O) groups excluding carboxylic acids is 2. The van der Waals surface area contributed by atoms with Crippen LogP contribution in [0, 0.1) is 17.0 Å². The molecule has 1 spiro atoms. The van der Waals surface area contributed by atoms with E-state index < -0.39 is 17.1 Å². The zero-order valence-electron chi connectivity index (χ0n) is 22.9. The number of hydrogen-bond donors (Lipinski definition) is 3. The third kappa shape index (κ3) is 8.54. The number of aliphatic carboxylic acids is 1. The van der Waals surface area contributed by atoms with Crippen molar-refractivity contribution in [3.8, 4) is 0 Å². The van der Waals surface area contributed by atoms with Crippen molar-refractivity contribution in [2.75, 3.05) is 32.7 Å². The van der Waals surface area contributed by atoms with Gasteiger partial charge in [0.05, 0.1) is 5.41 Å². The van der Waals surface area contributed by atoms with E-state index in [1.165, 1.54) is 36.4 Å². The molecule has 0 radical (unpaired) electrons. The van der Waals surface area contributed by atoms with E-state index in [0.29, 0.717) is 25.2 Å². The molecule has 0 bridgehead atoms. The molecule has 2 aliphatic rings. The number of halogens is 3. The number of piperidine rings is 1. The average molecular weight is 550 g/mol. The first-order valence-electron chi connectivity index (χ1n) is 13.1. The zero-order chi connectivity index (χ0) is 29.2. The molecule has 214 valence electrons. The van der Waals surface area contributed by atoms with Crippen LogP contribution in [0.25, 0.3) is 0 Å². The Morgan fingerprint density at radius 2 is 1.51 bits per heavy atom. The van der Waals surface area contributed by atoms with Crippen LogP contribution in [0.5, 0.6) is 0 Å². The third-order valence-corrected chi connectivity index (χ3v) is 6.94. The van der Waals surface area contributed by atoms with E-state index in [1.807, 2.05) is 13.8 Å². The Balaban J connectivity index is 0.000000517. The summed E-state index contributed by atoms with van der Waals surface area (Å²) < 4.78 is 38.2. The van der Waals surface area contributed by atoms with Crippen molar-refractivity contribution in [3.63, 3.8) is 0 Å². The average Bonchev–Trinajstić information content (AvgIpc) is 3.22. The predicted molar refractivity (Wildman–Crippen MR) is 143 cm³/mol. The summed E-state index contributed by atoms with van der Waals surface area (Å²) in [5.74, 6) is -2.17. The van der Waals surface area contributed by atoms with Crippen LogP contribution >= 0.6 is 0 Å². The summed E-state index contributed by atoms with van der Waals surface area (Å²) in [6.45, 7) is 9.26. The number of amides is 2. The molecule has 2 amide bonds. The van der Waals surface area contributed by atoms with Crippen molar-refractivity contribution in [2.45, 2.75) is 52.1 Å². The van der Waals surface area contributed by atoms with Crippen LogP contribution in [0.1, 0.15) is 62.4 Å². The molecule has 0 aromatic heterocycles. The van der Waals surface area contributed by atoms with Crippen LogP contribution in [0.3, 0.4) is 0 Å². The Morgan fingerprint density at radius 3 is 2.00 bits per heavy atom. The minimum Gasteiger partial charge on any atom is -0.479 e. The largest absolute Gasteiger partial charge is 0.479 e. The third-order valence-electron chi connectivity index (χ3n) is 6.94. The van der Waals surface area contributed by atoms with Gasteiger partial charge in [0, 0.05) is 31.1 Å². The van der Waals surface area contributed by atoms with Crippen LogP contribution in [-0.2, 0) is 9.59 Å². The van der Waals surface area contributed by atoms with Gasteiger partial charge >= 0.3 is 5.97 Å². The molecule has 39 heavy (non-hydrogen) atoms. The molecule has 10 heteroatoms. The smallest absolute Gasteiger partial charge is 0.340 e. The van der Waals surface area contributed by atoms with Crippen molar-refractivity contribution >= 4 is 17.8 Å². The Hall–Kier alpha value is -3.40. The van der Waals surface area contributed by atoms with Crippen LogP contribution < -0.4 is 10.6 Å². The van der Waals surface area contributed by atoms with Gasteiger partial charge < -0.3 is 20.6 Å². The number of carboxylic acid groups (broad SMARTS) is 1. The maximum Gasteiger partial charge on any atom is 0.340 e. The van der Waals surface area contributed by atoms with Gasteiger partial charge in [0.15, 0.2) is 0 Å². The molecule has 2 saturated heterocycles. The number of benzene rings is 2. The van der Waals surface area contributed by atoms with Crippen molar-refractivity contribution in [1.82, 2.24) is 15.5 Å². The molecule has 3 N–H and O–H groups in total. The highest BCUT2D eigenvalue weighted by molar-refractivity contribution is 5.94. The molecule has 2 heterocycles. The number of rotatable bonds is 6. The standard InChI is InChI=1S/C23H25F2N3O2.C4H7FO2.C2H6/c24-18-5-1-16(2-6-18)20-15-27-22(30)23(20)9-12-28(13-10-23)14-11-26-21(29)17-3-7-19(25)8-4-17;1-4(2,5)3(6)7;1-2/h1-8,20H,9-15H2,(H,26,29)(H,27,30);1-2H3,(H,6,7);1-2H3. The van der Waals surface area contributed by atoms with Gasteiger partial charge in [-0.05, 0) is 81.7 Å². The van der Waals surface area contributed by atoms with Gasteiger partial charge in [-0.25, -0.2) is 18.0 Å². The van der Waals surface area contributed by atoms with Crippen LogP contribution in [0.4, 0.5) is 13.2 Å². The Labute approximate surface area is 227 Å². The monoisotopic (exact) mass is 549 g/mol. The molecule has 0 aliphatic carbocycles. The minimum atomic E-state index is -2.08. The van der Waals surface area contributed by atoms with Gasteiger partial charge in [-0.3, -0.25) is 9.59 Å². The van der Waals surface area contributed by atoms with Gasteiger partial charge in [-0.1, -0.05) is 26.0 Å². The number of carbonyl (C=O) groups is 3. The molecule has 2 aromatic carbocycles. The van der Waals surface area contributed by atoms with Crippen molar-refractivity contribution in [3.05, 3.63) is 71.3 Å². The second-order valence-corrected chi connectivity index (χ2v) is 9.85. The van der Waals surface area contributed by atoms with E-state index in [2.05, 4.69) is 15.5 Å². The first-order chi connectivity index (χ1) is 18.4. The van der Waals surface area contributed by atoms with Gasteiger partial charge in [-0.15, -0.1) is 0 Å². The summed E-state index contributed by atoms with van der Waals surface area (Å²) in [5, 5.41) is 13.7. The topological polar surface area (TPSA) is 98.7 Å². The highest BCUT2D eigenvalue weighted by Crippen LogP contribution is 2.47. The normalized spacial score (nSPS) is 18.2. The molecule has 4 rings (SSSR count). The fourth-order valence-corrected chi connectivity index (χ4v) is 4.64. The predicted octanol–water partition coefficient (Wildman–Crippen LogP) is 4.54. The van der Waals surface area contributed by atoms with Crippen LogP contribution in [0.15, 0.2) is 48.5 Å². The lowest BCUT2D eigenvalue weighted by molar-refractivity contribution is -0.148. The fraction of sp³-hybridized carbons (Fsp3) is 0.483. The summed E-state index contributed by atoms with van der Waals surface area (Å²) in [4.78, 5) is 36.7. The van der Waals surface area contributed by atoms with Crippen molar-refractivity contribution < 1.29 is 32.7 Å². The second kappa shape index (κ2) is 14.1. The SMILES string of the molecule is CC.CC(C)(F)C(=O)O.O=C(NCCN1CCC2(CC1)C(=O)NCC2c1ccc(F)cc1)c1ccc(F)cc1. The van der Waals surface area contributed by atoms with Crippen LogP contribution in [0.2, 0.25) is 0 Å². The summed E-state index contributed by atoms with van der Waals surface area (Å²) in [7, 11) is 0. The number of carboxylic acids is 1. The van der Waals surface area contributed by atoms with E-state index in [0.717, 1.165) is 45.3 Å². The number of nitrogens with one attached hydrogen (secondary N) is 2. The molecule has 1 atom stereocenters. The molecular weight excluding hydrogens is 511 g/mol. The van der Waals surface area contributed by atoms with Gasteiger partial charge in [-0.2, -0.15) is 0 Å². The molecule has 2 aliphatic heterocycles. The molecule has 7 nitrogen and oxygen atoms in total. The maximum atomic E-state index is 13.3. The lowest BCUT2D eigenvalue weighted by Crippen LogP contribution is -2.47. The Bertz CT molecular complexity index is 1090. The summed E-state index contributed by atoms with van der Waals surface area (Å²) >= 11 is 0. The van der Waals surface area contributed by atoms with Crippen molar-refractivity contribution in [1.29, 1.82) is 0 Å². The lowest BCUT2D eigenvalue weighted by atomic mass is 9.68. The van der Waals surface area contributed by atoms with E-state index in [-0.39, 0.29) is 29.4 Å². The highest BCUT2D eigenvalue weighted by Gasteiger charge is 2.51. The molecular formula is C29H38F3N3O4.